The number of nitrogens with zero attached hydrogens (tertiary/aromatic N) is 1. The minimum Gasteiger partial charge on any atom is -0.309 e. The third-order valence-corrected chi connectivity index (χ3v) is 13.7. The van der Waals surface area contributed by atoms with Gasteiger partial charge < -0.3 is 4.90 Å². The van der Waals surface area contributed by atoms with E-state index in [9.17, 15) is 0 Å². The van der Waals surface area contributed by atoms with Gasteiger partial charge in [0.25, 0.3) is 0 Å². The average molecular weight is 744 g/mol. The lowest BCUT2D eigenvalue weighted by Crippen LogP contribution is -2.28. The molecule has 0 saturated carbocycles. The molecule has 0 bridgehead atoms. The molecule has 0 saturated heterocycles. The molecule has 0 unspecified atom stereocenters. The quantitative estimate of drug-likeness (QED) is 0.170. The van der Waals surface area contributed by atoms with Gasteiger partial charge >= 0.3 is 0 Å². The molecule has 8 aromatic carbocycles. The minimum absolute atomic E-state index is 0.338. The zero-order valence-electron chi connectivity index (χ0n) is 31.3. The summed E-state index contributed by atoms with van der Waals surface area (Å²) in [6.45, 7) is 0. The van der Waals surface area contributed by atoms with Crippen molar-refractivity contribution in [1.29, 1.82) is 0 Å². The summed E-state index contributed by atoms with van der Waals surface area (Å²) < 4.78 is 2.65. The Bertz CT molecular complexity index is 3080. The molecule has 0 amide bonds. The first-order valence-electron chi connectivity index (χ1n) is 20.0. The summed E-state index contributed by atoms with van der Waals surface area (Å²) in [7, 11) is 0. The van der Waals surface area contributed by atoms with E-state index in [1.165, 1.54) is 92.6 Å². The maximum absolute atomic E-state index is 2.53. The zero-order valence-corrected chi connectivity index (χ0v) is 32.1. The van der Waals surface area contributed by atoms with Gasteiger partial charge in [0.15, 0.2) is 0 Å². The molecule has 3 aliphatic rings. The van der Waals surface area contributed by atoms with Crippen LogP contribution in [0, 0.1) is 0 Å². The van der Waals surface area contributed by atoms with Gasteiger partial charge in [0.05, 0.1) is 16.8 Å². The molecule has 1 heterocycles. The summed E-state index contributed by atoms with van der Waals surface area (Å²) in [6.07, 6.45) is 6.88. The standard InChI is InChI=1S/C55H37NS/c1-2-16-36(17-3-1)39-18-7-12-28-49(39)56(38-34-32-37(33-35-38)40-23-14-31-52-53(40)44-22-8-13-30-51(44)57-52)50-29-15-27-48-54(50)43-21-6-11-26-47(43)55(48)45-24-9-4-19-41(45)42-20-5-10-25-46(42)55/h1-10,12-25,27-35H,11,26H2. The molecule has 0 fully saturated rings. The Morgan fingerprint density at radius 2 is 1.05 bits per heavy atom. The lowest BCUT2D eigenvalue weighted by molar-refractivity contribution is 0.714. The van der Waals surface area contributed by atoms with Crippen molar-refractivity contribution in [2.75, 3.05) is 4.90 Å². The first-order chi connectivity index (χ1) is 28.3. The topological polar surface area (TPSA) is 3.24 Å². The summed E-state index contributed by atoms with van der Waals surface area (Å²) >= 11 is 1.87. The van der Waals surface area contributed by atoms with Gasteiger partial charge in [-0.1, -0.05) is 164 Å². The van der Waals surface area contributed by atoms with Gasteiger partial charge in [-0.2, -0.15) is 0 Å². The molecule has 12 rings (SSSR count). The van der Waals surface area contributed by atoms with Gasteiger partial charge in [-0.15, -0.1) is 11.3 Å². The molecular formula is C55H37NS. The van der Waals surface area contributed by atoms with Crippen molar-refractivity contribution >= 4 is 54.1 Å². The highest BCUT2D eigenvalue weighted by atomic mass is 32.1. The predicted molar refractivity (Wildman–Crippen MR) is 242 cm³/mol. The molecule has 1 spiro atoms. The van der Waals surface area contributed by atoms with Crippen LogP contribution in [0.1, 0.15) is 35.1 Å². The second kappa shape index (κ2) is 12.6. The number of anilines is 3. The average Bonchev–Trinajstić information content (AvgIpc) is 3.92. The number of hydrogen-bond acceptors (Lipinski definition) is 2. The normalized spacial score (nSPS) is 14.5. The van der Waals surface area contributed by atoms with Crippen molar-refractivity contribution in [1.82, 2.24) is 0 Å². The molecule has 0 radical (unpaired) electrons. The van der Waals surface area contributed by atoms with Crippen molar-refractivity contribution in [3.05, 3.63) is 228 Å². The fourth-order valence-corrected chi connectivity index (χ4v) is 11.5. The Morgan fingerprint density at radius 3 is 1.86 bits per heavy atom. The van der Waals surface area contributed by atoms with Crippen LogP contribution >= 0.6 is 11.3 Å². The molecule has 0 aliphatic heterocycles. The molecule has 1 aromatic heterocycles. The Morgan fingerprint density at radius 1 is 0.456 bits per heavy atom. The number of benzene rings is 8. The Kier molecular flexibility index (Phi) is 7.21. The fourth-order valence-electron chi connectivity index (χ4n) is 10.4. The van der Waals surface area contributed by atoms with E-state index in [-0.39, 0.29) is 5.41 Å². The van der Waals surface area contributed by atoms with Gasteiger partial charge in [-0.05, 0) is 105 Å². The van der Waals surface area contributed by atoms with Crippen LogP contribution in [0.2, 0.25) is 0 Å². The van der Waals surface area contributed by atoms with E-state index in [1.54, 1.807) is 0 Å². The van der Waals surface area contributed by atoms with Crippen molar-refractivity contribution < 1.29 is 0 Å². The van der Waals surface area contributed by atoms with Crippen LogP contribution in [0.25, 0.3) is 59.1 Å². The molecule has 1 nitrogen and oxygen atoms in total. The molecule has 2 heteroatoms. The second-order valence-electron chi connectivity index (χ2n) is 15.4. The third-order valence-electron chi connectivity index (χ3n) is 12.6. The highest BCUT2D eigenvalue weighted by Crippen LogP contribution is 2.65. The Balaban J connectivity index is 1.11. The molecular weight excluding hydrogens is 707 g/mol. The summed E-state index contributed by atoms with van der Waals surface area (Å²) in [6, 6.07) is 70.0. The van der Waals surface area contributed by atoms with Crippen molar-refractivity contribution in [3.8, 4) is 33.4 Å². The fraction of sp³-hybridized carbons (Fsp3) is 0.0545. The number of fused-ring (bicyclic) bond motifs is 12. The van der Waals surface area contributed by atoms with E-state index >= 15 is 0 Å². The van der Waals surface area contributed by atoms with Gasteiger partial charge in [0.1, 0.15) is 0 Å². The molecule has 9 aromatic rings. The van der Waals surface area contributed by atoms with Crippen LogP contribution in [0.3, 0.4) is 0 Å². The summed E-state index contributed by atoms with van der Waals surface area (Å²) in [5.41, 5.74) is 19.2. The van der Waals surface area contributed by atoms with E-state index in [1.807, 2.05) is 11.3 Å². The number of allylic oxidation sites excluding steroid dienone is 4. The largest absolute Gasteiger partial charge is 0.309 e. The Hall–Kier alpha value is -6.74. The molecule has 3 aliphatic carbocycles. The van der Waals surface area contributed by atoms with Crippen molar-refractivity contribution in [2.45, 2.75) is 18.3 Å². The first-order valence-corrected chi connectivity index (χ1v) is 20.8. The van der Waals surface area contributed by atoms with E-state index < -0.39 is 0 Å². The zero-order chi connectivity index (χ0) is 37.5. The highest BCUT2D eigenvalue weighted by molar-refractivity contribution is 7.25. The highest BCUT2D eigenvalue weighted by Gasteiger charge is 2.53. The monoisotopic (exact) mass is 743 g/mol. The lowest BCUT2D eigenvalue weighted by Gasteiger charge is -2.34. The van der Waals surface area contributed by atoms with Crippen LogP contribution in [0.5, 0.6) is 0 Å². The number of rotatable bonds is 5. The van der Waals surface area contributed by atoms with Crippen molar-refractivity contribution in [2.24, 2.45) is 0 Å². The molecule has 0 N–H and O–H groups in total. The first kappa shape index (κ1) is 32.5. The van der Waals surface area contributed by atoms with Crippen LogP contribution in [0.15, 0.2) is 206 Å². The predicted octanol–water partition coefficient (Wildman–Crippen LogP) is 15.3. The lowest BCUT2D eigenvalue weighted by atomic mass is 9.68. The molecule has 268 valence electrons. The third kappa shape index (κ3) is 4.62. The minimum atomic E-state index is -0.338. The number of hydrogen-bond donors (Lipinski definition) is 0. The number of thiophene rings is 1. The van der Waals surface area contributed by atoms with Crippen LogP contribution < -0.4 is 4.90 Å². The second-order valence-corrected chi connectivity index (χ2v) is 16.5. The summed E-state index contributed by atoms with van der Waals surface area (Å²) in [5.74, 6) is 0. The SMILES string of the molecule is C1=CC2=C(CC1)C1(c3ccccc3-c3ccccc31)c1cccc(N(c3ccc(-c4cccc5sc6ccccc6c45)cc3)c3ccccc3-c3ccccc3)c12. The van der Waals surface area contributed by atoms with E-state index in [2.05, 4.69) is 205 Å². The van der Waals surface area contributed by atoms with Gasteiger partial charge in [0.2, 0.25) is 0 Å². The van der Waals surface area contributed by atoms with Gasteiger partial charge in [-0.3, -0.25) is 0 Å². The van der Waals surface area contributed by atoms with Gasteiger partial charge in [-0.25, -0.2) is 0 Å². The van der Waals surface area contributed by atoms with Crippen LogP contribution in [-0.4, -0.2) is 0 Å². The van der Waals surface area contributed by atoms with E-state index in [0.717, 1.165) is 24.2 Å². The maximum atomic E-state index is 2.53. The Labute approximate surface area is 337 Å². The van der Waals surface area contributed by atoms with Crippen LogP contribution in [-0.2, 0) is 5.41 Å². The van der Waals surface area contributed by atoms with Gasteiger partial charge in [0, 0.05) is 37.0 Å². The number of para-hydroxylation sites is 1. The smallest absolute Gasteiger partial charge is 0.0689 e. The van der Waals surface area contributed by atoms with Crippen molar-refractivity contribution in [3.63, 3.8) is 0 Å². The molecule has 0 atom stereocenters. The summed E-state index contributed by atoms with van der Waals surface area (Å²) in [4.78, 5) is 2.53. The maximum Gasteiger partial charge on any atom is 0.0689 e. The summed E-state index contributed by atoms with van der Waals surface area (Å²) in [5, 5.41) is 2.66. The van der Waals surface area contributed by atoms with Crippen LogP contribution in [0.4, 0.5) is 17.1 Å². The van der Waals surface area contributed by atoms with E-state index in [0.29, 0.717) is 0 Å². The molecule has 57 heavy (non-hydrogen) atoms. The van der Waals surface area contributed by atoms with E-state index in [4.69, 9.17) is 0 Å².